The standard InChI is InChI=1S/C18H15N3O3/c22-19-11-14-12-21(15-4-2-1-3-5-15)20-18(14)13-6-7-16-17(10-13)24-9-8-23-16/h1-7,10-12,22H,8-9H2. The van der Waals surface area contributed by atoms with Crippen LogP contribution in [0.1, 0.15) is 5.56 Å². The zero-order valence-electron chi connectivity index (χ0n) is 12.8. The first-order valence-corrected chi connectivity index (χ1v) is 7.58. The number of fused-ring (bicyclic) bond motifs is 1. The third kappa shape index (κ3) is 2.58. The van der Waals surface area contributed by atoms with Crippen LogP contribution in [0.3, 0.4) is 0 Å². The molecule has 24 heavy (non-hydrogen) atoms. The summed E-state index contributed by atoms with van der Waals surface area (Å²) in [5, 5.41) is 16.7. The smallest absolute Gasteiger partial charge is 0.162 e. The molecule has 0 amide bonds. The van der Waals surface area contributed by atoms with E-state index in [1.54, 1.807) is 4.68 Å². The number of para-hydroxylation sites is 1. The van der Waals surface area contributed by atoms with Gasteiger partial charge < -0.3 is 14.7 Å². The zero-order valence-corrected chi connectivity index (χ0v) is 12.8. The molecule has 0 radical (unpaired) electrons. The fraction of sp³-hybridized carbons (Fsp3) is 0.111. The maximum atomic E-state index is 8.95. The average molecular weight is 321 g/mol. The lowest BCUT2D eigenvalue weighted by Gasteiger charge is -2.18. The fourth-order valence-electron chi connectivity index (χ4n) is 2.67. The maximum Gasteiger partial charge on any atom is 0.162 e. The van der Waals surface area contributed by atoms with Crippen molar-refractivity contribution in [3.63, 3.8) is 0 Å². The zero-order chi connectivity index (χ0) is 16.4. The quantitative estimate of drug-likeness (QED) is 0.457. The van der Waals surface area contributed by atoms with Gasteiger partial charge in [-0.15, -0.1) is 0 Å². The number of benzene rings is 2. The van der Waals surface area contributed by atoms with Crippen molar-refractivity contribution in [1.82, 2.24) is 9.78 Å². The highest BCUT2D eigenvalue weighted by molar-refractivity contribution is 5.88. The predicted octanol–water partition coefficient (Wildman–Crippen LogP) is 3.12. The molecule has 1 aliphatic rings. The summed E-state index contributed by atoms with van der Waals surface area (Å²) in [5.41, 5.74) is 3.20. The van der Waals surface area contributed by atoms with Crippen LogP contribution in [0.5, 0.6) is 11.5 Å². The second kappa shape index (κ2) is 6.08. The Labute approximate surface area is 138 Å². The molecule has 4 rings (SSSR count). The van der Waals surface area contributed by atoms with E-state index < -0.39 is 0 Å². The molecule has 0 fully saturated rings. The van der Waals surface area contributed by atoms with Gasteiger partial charge >= 0.3 is 0 Å². The van der Waals surface area contributed by atoms with E-state index in [0.717, 1.165) is 17.0 Å². The van der Waals surface area contributed by atoms with Gasteiger partial charge in [0.2, 0.25) is 0 Å². The second-order valence-electron chi connectivity index (χ2n) is 5.32. The monoisotopic (exact) mass is 321 g/mol. The maximum absolute atomic E-state index is 8.95. The van der Waals surface area contributed by atoms with Crippen LogP contribution in [0.2, 0.25) is 0 Å². The van der Waals surface area contributed by atoms with Gasteiger partial charge in [-0.3, -0.25) is 0 Å². The molecule has 1 aromatic heterocycles. The SMILES string of the molecule is ON=Cc1cn(-c2ccccc2)nc1-c1ccc2c(c1)OCCO2. The fourth-order valence-corrected chi connectivity index (χ4v) is 2.67. The minimum absolute atomic E-state index is 0.528. The highest BCUT2D eigenvalue weighted by Gasteiger charge is 2.16. The molecule has 120 valence electrons. The van der Waals surface area contributed by atoms with Crippen LogP contribution in [0.25, 0.3) is 16.9 Å². The molecule has 0 aliphatic carbocycles. The predicted molar refractivity (Wildman–Crippen MR) is 89.4 cm³/mol. The summed E-state index contributed by atoms with van der Waals surface area (Å²) in [4.78, 5) is 0. The molecule has 3 aromatic rings. The summed E-state index contributed by atoms with van der Waals surface area (Å²) in [6.07, 6.45) is 3.19. The third-order valence-corrected chi connectivity index (χ3v) is 3.78. The molecule has 0 spiro atoms. The van der Waals surface area contributed by atoms with Crippen LogP contribution in [0.15, 0.2) is 59.9 Å². The third-order valence-electron chi connectivity index (χ3n) is 3.78. The first-order valence-electron chi connectivity index (χ1n) is 7.58. The summed E-state index contributed by atoms with van der Waals surface area (Å²) in [5.74, 6) is 1.42. The Morgan fingerprint density at radius 3 is 2.62 bits per heavy atom. The first-order chi connectivity index (χ1) is 11.8. The number of rotatable bonds is 3. The Morgan fingerprint density at radius 1 is 1.04 bits per heavy atom. The van der Waals surface area contributed by atoms with Crippen molar-refractivity contribution in [2.24, 2.45) is 5.16 Å². The van der Waals surface area contributed by atoms with Gasteiger partial charge in [0.15, 0.2) is 11.5 Å². The number of nitrogens with zero attached hydrogens (tertiary/aromatic N) is 3. The highest BCUT2D eigenvalue weighted by atomic mass is 16.6. The summed E-state index contributed by atoms with van der Waals surface area (Å²) in [7, 11) is 0. The number of hydrogen-bond acceptors (Lipinski definition) is 5. The van der Waals surface area contributed by atoms with Crippen LogP contribution in [-0.2, 0) is 0 Å². The van der Waals surface area contributed by atoms with Crippen molar-refractivity contribution < 1.29 is 14.7 Å². The molecule has 0 unspecified atom stereocenters. The molecule has 0 bridgehead atoms. The van der Waals surface area contributed by atoms with Gasteiger partial charge in [0.25, 0.3) is 0 Å². The molecule has 6 nitrogen and oxygen atoms in total. The van der Waals surface area contributed by atoms with Gasteiger partial charge in [-0.1, -0.05) is 23.4 Å². The number of hydrogen-bond donors (Lipinski definition) is 1. The molecular formula is C18H15N3O3. The molecule has 6 heteroatoms. The van der Waals surface area contributed by atoms with Crippen molar-refractivity contribution in [1.29, 1.82) is 0 Å². The van der Waals surface area contributed by atoms with Crippen molar-refractivity contribution in [3.8, 4) is 28.4 Å². The van der Waals surface area contributed by atoms with Gasteiger partial charge in [-0.05, 0) is 30.3 Å². The summed E-state index contributed by atoms with van der Waals surface area (Å²) < 4.78 is 12.9. The Hall–Kier alpha value is -3.28. The molecule has 1 aliphatic heterocycles. The minimum Gasteiger partial charge on any atom is -0.486 e. The average Bonchev–Trinajstić information content (AvgIpc) is 3.06. The van der Waals surface area contributed by atoms with E-state index in [1.807, 2.05) is 54.7 Å². The van der Waals surface area contributed by atoms with Gasteiger partial charge in [0.1, 0.15) is 18.9 Å². The minimum atomic E-state index is 0.528. The Bertz CT molecular complexity index is 888. The van der Waals surface area contributed by atoms with Crippen LogP contribution in [0, 0.1) is 0 Å². The van der Waals surface area contributed by atoms with Crippen LogP contribution in [-0.4, -0.2) is 34.4 Å². The van der Waals surface area contributed by atoms with E-state index in [2.05, 4.69) is 10.3 Å². The Kier molecular flexibility index (Phi) is 3.63. The Morgan fingerprint density at radius 2 is 1.83 bits per heavy atom. The Balaban J connectivity index is 1.81. The summed E-state index contributed by atoms with van der Waals surface area (Å²) in [6.45, 7) is 1.08. The van der Waals surface area contributed by atoms with Gasteiger partial charge in [-0.25, -0.2) is 4.68 Å². The van der Waals surface area contributed by atoms with Crippen molar-refractivity contribution >= 4 is 6.21 Å². The topological polar surface area (TPSA) is 68.9 Å². The number of aromatic nitrogens is 2. The largest absolute Gasteiger partial charge is 0.486 e. The molecule has 2 heterocycles. The van der Waals surface area contributed by atoms with Gasteiger partial charge in [-0.2, -0.15) is 5.10 Å². The van der Waals surface area contributed by atoms with Crippen LogP contribution < -0.4 is 9.47 Å². The lowest BCUT2D eigenvalue weighted by Crippen LogP contribution is -2.15. The normalized spacial score (nSPS) is 13.3. The summed E-state index contributed by atoms with van der Waals surface area (Å²) in [6, 6.07) is 15.4. The van der Waals surface area contributed by atoms with E-state index in [9.17, 15) is 0 Å². The van der Waals surface area contributed by atoms with Crippen molar-refractivity contribution in [3.05, 3.63) is 60.3 Å². The van der Waals surface area contributed by atoms with E-state index in [0.29, 0.717) is 30.2 Å². The highest BCUT2D eigenvalue weighted by Crippen LogP contribution is 2.35. The molecular weight excluding hydrogens is 306 g/mol. The second-order valence-corrected chi connectivity index (χ2v) is 5.32. The molecule has 0 saturated heterocycles. The first kappa shape index (κ1) is 14.3. The van der Waals surface area contributed by atoms with E-state index in [1.165, 1.54) is 6.21 Å². The van der Waals surface area contributed by atoms with Crippen molar-refractivity contribution in [2.75, 3.05) is 13.2 Å². The van der Waals surface area contributed by atoms with E-state index >= 15 is 0 Å². The van der Waals surface area contributed by atoms with E-state index in [-0.39, 0.29) is 0 Å². The van der Waals surface area contributed by atoms with Gasteiger partial charge in [0, 0.05) is 17.3 Å². The number of oxime groups is 1. The van der Waals surface area contributed by atoms with Crippen LogP contribution in [0.4, 0.5) is 0 Å². The number of ether oxygens (including phenoxy) is 2. The van der Waals surface area contributed by atoms with Crippen molar-refractivity contribution in [2.45, 2.75) is 0 Å². The molecule has 2 aromatic carbocycles. The molecule has 1 N–H and O–H groups in total. The summed E-state index contributed by atoms with van der Waals surface area (Å²) >= 11 is 0. The van der Waals surface area contributed by atoms with Gasteiger partial charge in [0.05, 0.1) is 11.9 Å². The lowest BCUT2D eigenvalue weighted by molar-refractivity contribution is 0.171. The van der Waals surface area contributed by atoms with E-state index in [4.69, 9.17) is 14.7 Å². The molecule has 0 saturated carbocycles. The molecule has 0 atom stereocenters. The lowest BCUT2D eigenvalue weighted by atomic mass is 10.1. The van der Waals surface area contributed by atoms with Crippen LogP contribution >= 0.6 is 0 Å².